The summed E-state index contributed by atoms with van der Waals surface area (Å²) in [5, 5.41) is 7.34. The molecule has 3 heterocycles. The van der Waals surface area contributed by atoms with Crippen molar-refractivity contribution in [2.45, 2.75) is 71.2 Å². The Balaban J connectivity index is 1.43. The topological polar surface area (TPSA) is 61.2 Å². The lowest BCUT2D eigenvalue weighted by Crippen LogP contribution is -2.49. The molecule has 36 heavy (non-hydrogen) atoms. The van der Waals surface area contributed by atoms with Gasteiger partial charge < -0.3 is 15.4 Å². The average Bonchev–Trinajstić information content (AvgIpc) is 2.83. The van der Waals surface area contributed by atoms with Gasteiger partial charge >= 0.3 is 0 Å². The Morgan fingerprint density at radius 2 is 1.81 bits per heavy atom. The van der Waals surface area contributed by atoms with Gasteiger partial charge in [0.2, 0.25) is 0 Å². The van der Waals surface area contributed by atoms with E-state index in [-0.39, 0.29) is 23.8 Å². The zero-order valence-electron chi connectivity index (χ0n) is 22.2. The molecule has 1 unspecified atom stereocenters. The van der Waals surface area contributed by atoms with E-state index in [9.17, 15) is 0 Å². The molecule has 190 valence electrons. The van der Waals surface area contributed by atoms with Gasteiger partial charge in [-0.15, -0.1) is 0 Å². The standard InChI is InChI=1S/C30H39N5O/c1-20-17-35(18-21(2)36-20)19-28-33-27-16-22(26-8-6-7-15-31-26)9-14-25(27)29(34-28)32-24-12-10-23(11-13-24)30(3,4)5/h7,9-16,20-21,28,33H,6,8,17-19H2,1-5H3,(H,32,34)/t20-,21+,28?. The highest BCUT2D eigenvalue weighted by molar-refractivity contribution is 6.14. The maximum Gasteiger partial charge on any atom is 0.137 e. The number of rotatable bonds is 4. The number of morpholine rings is 1. The molecule has 0 aliphatic carbocycles. The molecular formula is C30H39N5O. The van der Waals surface area contributed by atoms with Gasteiger partial charge in [-0.3, -0.25) is 9.89 Å². The molecule has 0 amide bonds. The van der Waals surface area contributed by atoms with Crippen LogP contribution in [0.5, 0.6) is 0 Å². The van der Waals surface area contributed by atoms with Crippen LogP contribution in [-0.4, -0.2) is 54.5 Å². The summed E-state index contributed by atoms with van der Waals surface area (Å²) in [6, 6.07) is 15.3. The molecule has 2 aromatic rings. The third-order valence-corrected chi connectivity index (χ3v) is 7.04. The first-order valence-electron chi connectivity index (χ1n) is 13.2. The quantitative estimate of drug-likeness (QED) is 0.575. The molecule has 5 rings (SSSR count). The molecule has 0 bridgehead atoms. The van der Waals surface area contributed by atoms with Gasteiger partial charge in [0, 0.05) is 48.5 Å². The third-order valence-electron chi connectivity index (χ3n) is 7.04. The molecule has 2 N–H and O–H groups in total. The Morgan fingerprint density at radius 3 is 2.47 bits per heavy atom. The molecule has 6 heteroatoms. The number of benzene rings is 2. The molecule has 0 saturated carbocycles. The van der Waals surface area contributed by atoms with Gasteiger partial charge in [0.15, 0.2) is 0 Å². The highest BCUT2D eigenvalue weighted by Gasteiger charge is 2.28. The SMILES string of the molecule is C[C@@H]1CN(CC2N=C(Nc3ccc(C(C)(C)C)cc3)c3ccc(C4=NC=CCC4)cc3N2)C[C@H](C)O1. The summed E-state index contributed by atoms with van der Waals surface area (Å²) in [4.78, 5) is 12.2. The summed E-state index contributed by atoms with van der Waals surface area (Å²) in [6.45, 7) is 13.7. The maximum atomic E-state index is 5.95. The minimum atomic E-state index is -0.0465. The number of hydrogen-bond acceptors (Lipinski definition) is 6. The van der Waals surface area contributed by atoms with E-state index in [2.05, 4.69) is 104 Å². The molecule has 1 saturated heterocycles. The van der Waals surface area contributed by atoms with Crippen LogP contribution in [0.2, 0.25) is 0 Å². The molecule has 3 atom stereocenters. The Morgan fingerprint density at radius 1 is 1.06 bits per heavy atom. The maximum absolute atomic E-state index is 5.95. The lowest BCUT2D eigenvalue weighted by atomic mass is 9.87. The van der Waals surface area contributed by atoms with Crippen molar-refractivity contribution in [3.63, 3.8) is 0 Å². The molecule has 0 aromatic heterocycles. The Kier molecular flexibility index (Phi) is 7.00. The van der Waals surface area contributed by atoms with Crippen molar-refractivity contribution in [3.05, 3.63) is 71.4 Å². The van der Waals surface area contributed by atoms with Crippen molar-refractivity contribution >= 4 is 22.9 Å². The van der Waals surface area contributed by atoms with E-state index >= 15 is 0 Å². The van der Waals surface area contributed by atoms with Crippen LogP contribution in [0.3, 0.4) is 0 Å². The molecule has 3 aliphatic rings. The zero-order valence-corrected chi connectivity index (χ0v) is 22.2. The summed E-state index contributed by atoms with van der Waals surface area (Å²) >= 11 is 0. The lowest BCUT2D eigenvalue weighted by molar-refractivity contribution is -0.0685. The molecule has 2 aromatic carbocycles. The Hall–Kier alpha value is -2.96. The van der Waals surface area contributed by atoms with Gasteiger partial charge in [-0.2, -0.15) is 0 Å². The number of fused-ring (bicyclic) bond motifs is 1. The van der Waals surface area contributed by atoms with Crippen molar-refractivity contribution in [1.29, 1.82) is 0 Å². The summed E-state index contributed by atoms with van der Waals surface area (Å²) in [7, 11) is 0. The van der Waals surface area contributed by atoms with Gasteiger partial charge in [-0.05, 0) is 67.5 Å². The van der Waals surface area contributed by atoms with Crippen molar-refractivity contribution < 1.29 is 4.74 Å². The van der Waals surface area contributed by atoms with E-state index in [1.54, 1.807) is 0 Å². The van der Waals surface area contributed by atoms with E-state index in [0.29, 0.717) is 0 Å². The molecule has 1 fully saturated rings. The predicted octanol–water partition coefficient (Wildman–Crippen LogP) is 5.80. The zero-order chi connectivity index (χ0) is 25.3. The minimum absolute atomic E-state index is 0.0465. The highest BCUT2D eigenvalue weighted by Crippen LogP contribution is 2.29. The summed E-state index contributed by atoms with van der Waals surface area (Å²) in [5.41, 5.74) is 7.01. The van der Waals surface area contributed by atoms with Crippen LogP contribution >= 0.6 is 0 Å². The van der Waals surface area contributed by atoms with E-state index in [1.165, 1.54) is 11.1 Å². The number of amidine groups is 1. The van der Waals surface area contributed by atoms with E-state index in [1.807, 2.05) is 6.20 Å². The van der Waals surface area contributed by atoms with Crippen LogP contribution in [0.4, 0.5) is 11.4 Å². The first-order valence-corrected chi connectivity index (χ1v) is 13.2. The molecule has 6 nitrogen and oxygen atoms in total. The smallest absolute Gasteiger partial charge is 0.137 e. The van der Waals surface area contributed by atoms with Gasteiger partial charge in [0.05, 0.1) is 12.2 Å². The third kappa shape index (κ3) is 5.71. The fourth-order valence-electron chi connectivity index (χ4n) is 5.26. The van der Waals surface area contributed by atoms with Crippen molar-refractivity contribution in [2.75, 3.05) is 30.3 Å². The molecule has 3 aliphatic heterocycles. The van der Waals surface area contributed by atoms with E-state index in [0.717, 1.165) is 61.0 Å². The number of nitrogens with zero attached hydrogens (tertiary/aromatic N) is 3. The second-order valence-electron chi connectivity index (χ2n) is 11.3. The minimum Gasteiger partial charge on any atom is -0.373 e. The number of ether oxygens (including phenoxy) is 1. The number of allylic oxidation sites excluding steroid dienone is 1. The predicted molar refractivity (Wildman–Crippen MR) is 151 cm³/mol. The normalized spacial score (nSPS) is 24.4. The van der Waals surface area contributed by atoms with Crippen LogP contribution in [0.25, 0.3) is 0 Å². The van der Waals surface area contributed by atoms with Gasteiger partial charge in [-0.1, -0.05) is 45.0 Å². The average molecular weight is 486 g/mol. The lowest BCUT2D eigenvalue weighted by Gasteiger charge is -2.37. The van der Waals surface area contributed by atoms with Crippen molar-refractivity contribution in [2.24, 2.45) is 9.98 Å². The molecule has 0 radical (unpaired) electrons. The van der Waals surface area contributed by atoms with Crippen molar-refractivity contribution in [1.82, 2.24) is 4.90 Å². The molecule has 0 spiro atoms. The fourth-order valence-corrected chi connectivity index (χ4v) is 5.26. The van der Waals surface area contributed by atoms with Crippen LogP contribution < -0.4 is 10.6 Å². The Labute approximate surface area is 215 Å². The summed E-state index contributed by atoms with van der Waals surface area (Å²) in [6.07, 6.45) is 6.48. The number of hydrogen-bond donors (Lipinski definition) is 2. The van der Waals surface area contributed by atoms with E-state index in [4.69, 9.17) is 9.73 Å². The summed E-state index contributed by atoms with van der Waals surface area (Å²) in [5.74, 6) is 0.906. The summed E-state index contributed by atoms with van der Waals surface area (Å²) < 4.78 is 5.95. The number of nitrogens with one attached hydrogen (secondary N) is 2. The largest absolute Gasteiger partial charge is 0.373 e. The highest BCUT2D eigenvalue weighted by atomic mass is 16.5. The van der Waals surface area contributed by atoms with E-state index < -0.39 is 0 Å². The first kappa shape index (κ1) is 24.7. The number of anilines is 2. The number of aliphatic imine (C=N–C) groups is 2. The van der Waals surface area contributed by atoms with Gasteiger partial charge in [0.1, 0.15) is 12.0 Å². The monoisotopic (exact) mass is 485 g/mol. The fraction of sp³-hybridized carbons (Fsp3) is 0.467. The molecular weight excluding hydrogens is 446 g/mol. The first-order chi connectivity index (χ1) is 17.2. The van der Waals surface area contributed by atoms with Crippen LogP contribution in [-0.2, 0) is 10.2 Å². The second-order valence-corrected chi connectivity index (χ2v) is 11.3. The van der Waals surface area contributed by atoms with Crippen LogP contribution in [0, 0.1) is 0 Å². The van der Waals surface area contributed by atoms with Gasteiger partial charge in [-0.25, -0.2) is 4.99 Å². The van der Waals surface area contributed by atoms with Crippen molar-refractivity contribution in [3.8, 4) is 0 Å². The second kappa shape index (κ2) is 10.2. The van der Waals surface area contributed by atoms with Gasteiger partial charge in [0.25, 0.3) is 0 Å². The van der Waals surface area contributed by atoms with Crippen LogP contribution in [0.1, 0.15) is 64.2 Å². The van der Waals surface area contributed by atoms with Crippen LogP contribution in [0.15, 0.2) is 64.7 Å². The Bertz CT molecular complexity index is 1160.